The van der Waals surface area contributed by atoms with Crippen LogP contribution in [-0.2, 0) is 0 Å². The summed E-state index contributed by atoms with van der Waals surface area (Å²) in [6, 6.07) is 14.1. The van der Waals surface area contributed by atoms with E-state index in [1.165, 1.54) is 0 Å². The molecule has 0 unspecified atom stereocenters. The monoisotopic (exact) mass is 350 g/mol. The minimum Gasteiger partial charge on any atom is -0.872 e. The van der Waals surface area contributed by atoms with Crippen molar-refractivity contribution in [3.05, 3.63) is 76.0 Å². The second-order valence-electron chi connectivity index (χ2n) is 5.21. The van der Waals surface area contributed by atoms with Crippen LogP contribution in [0.2, 0.25) is 0 Å². The molecule has 0 aliphatic carbocycles. The SMILES string of the molecule is O=C(N/N=C\c1cc([N+](=O)[O-])ccc1[O-])c1cc(-c2ccccc2)n[nH]1. The number of carbonyl (C=O) groups excluding carboxylic acids is 1. The smallest absolute Gasteiger partial charge is 0.289 e. The summed E-state index contributed by atoms with van der Waals surface area (Å²) in [5.74, 6) is -1.00. The molecule has 26 heavy (non-hydrogen) atoms. The van der Waals surface area contributed by atoms with Crippen molar-refractivity contribution in [2.24, 2.45) is 5.10 Å². The molecule has 0 saturated carbocycles. The number of hydrogen-bond acceptors (Lipinski definition) is 6. The van der Waals surface area contributed by atoms with Crippen LogP contribution in [-0.4, -0.2) is 27.2 Å². The molecule has 0 aliphatic heterocycles. The Morgan fingerprint density at radius 2 is 1.96 bits per heavy atom. The van der Waals surface area contributed by atoms with Crippen LogP contribution in [0.5, 0.6) is 5.75 Å². The van der Waals surface area contributed by atoms with Crippen molar-refractivity contribution in [3.8, 4) is 17.0 Å². The molecule has 0 spiro atoms. The maximum atomic E-state index is 12.1. The molecule has 1 heterocycles. The van der Waals surface area contributed by atoms with Crippen LogP contribution in [0.15, 0.2) is 59.7 Å². The van der Waals surface area contributed by atoms with E-state index in [1.54, 1.807) is 6.07 Å². The lowest BCUT2D eigenvalue weighted by Crippen LogP contribution is -2.18. The molecule has 1 amide bonds. The van der Waals surface area contributed by atoms with Crippen LogP contribution in [0.1, 0.15) is 16.1 Å². The van der Waals surface area contributed by atoms with E-state index in [9.17, 15) is 20.0 Å². The van der Waals surface area contributed by atoms with Gasteiger partial charge in [0.15, 0.2) is 0 Å². The van der Waals surface area contributed by atoms with Gasteiger partial charge >= 0.3 is 0 Å². The van der Waals surface area contributed by atoms with Crippen molar-refractivity contribution >= 4 is 17.8 Å². The second-order valence-corrected chi connectivity index (χ2v) is 5.21. The molecule has 0 aliphatic rings. The van der Waals surface area contributed by atoms with Crippen molar-refractivity contribution in [1.82, 2.24) is 15.6 Å². The summed E-state index contributed by atoms with van der Waals surface area (Å²) in [5, 5.41) is 32.7. The number of carbonyl (C=O) groups is 1. The minimum atomic E-state index is -0.620. The molecule has 3 rings (SSSR count). The number of nitro groups is 1. The zero-order chi connectivity index (χ0) is 18.5. The Morgan fingerprint density at radius 1 is 1.19 bits per heavy atom. The Kier molecular flexibility index (Phi) is 4.70. The van der Waals surface area contributed by atoms with Crippen molar-refractivity contribution in [1.29, 1.82) is 0 Å². The zero-order valence-corrected chi connectivity index (χ0v) is 13.2. The van der Waals surface area contributed by atoms with E-state index < -0.39 is 16.6 Å². The maximum Gasteiger partial charge on any atom is 0.289 e. The van der Waals surface area contributed by atoms with Gasteiger partial charge in [-0.2, -0.15) is 10.2 Å². The van der Waals surface area contributed by atoms with Crippen LogP contribution in [0.4, 0.5) is 5.69 Å². The second kappa shape index (κ2) is 7.26. The summed E-state index contributed by atoms with van der Waals surface area (Å²) in [4.78, 5) is 22.2. The van der Waals surface area contributed by atoms with Gasteiger partial charge in [0.05, 0.1) is 16.8 Å². The van der Waals surface area contributed by atoms with Crippen LogP contribution in [0, 0.1) is 10.1 Å². The van der Waals surface area contributed by atoms with Gasteiger partial charge < -0.3 is 5.11 Å². The molecular weight excluding hydrogens is 338 g/mol. The number of benzene rings is 2. The normalized spacial score (nSPS) is 10.8. The summed E-state index contributed by atoms with van der Waals surface area (Å²) < 4.78 is 0. The first-order valence-corrected chi connectivity index (χ1v) is 7.44. The Labute approximate surface area is 147 Å². The third-order valence-electron chi connectivity index (χ3n) is 3.47. The number of nitrogens with zero attached hydrogens (tertiary/aromatic N) is 3. The lowest BCUT2D eigenvalue weighted by Gasteiger charge is -2.08. The van der Waals surface area contributed by atoms with Gasteiger partial charge in [-0.25, -0.2) is 5.43 Å². The van der Waals surface area contributed by atoms with E-state index in [0.717, 1.165) is 30.0 Å². The van der Waals surface area contributed by atoms with Gasteiger partial charge in [-0.3, -0.25) is 20.0 Å². The average Bonchev–Trinajstić information content (AvgIpc) is 3.14. The minimum absolute atomic E-state index is 0.00548. The van der Waals surface area contributed by atoms with Crippen LogP contribution in [0.25, 0.3) is 11.3 Å². The topological polar surface area (TPSA) is 136 Å². The van der Waals surface area contributed by atoms with Gasteiger partial charge in [0.2, 0.25) is 0 Å². The highest BCUT2D eigenvalue weighted by atomic mass is 16.6. The fourth-order valence-corrected chi connectivity index (χ4v) is 2.17. The first kappa shape index (κ1) is 16.8. The number of nitrogens with one attached hydrogen (secondary N) is 2. The lowest BCUT2D eigenvalue weighted by atomic mass is 10.1. The van der Waals surface area contributed by atoms with Crippen molar-refractivity contribution in [2.45, 2.75) is 0 Å². The largest absolute Gasteiger partial charge is 0.872 e. The number of hydrazone groups is 1. The summed E-state index contributed by atoms with van der Waals surface area (Å²) in [6.07, 6.45) is 1.06. The third kappa shape index (κ3) is 3.73. The standard InChI is InChI=1S/C17H13N5O4/c23-16-7-6-13(22(25)26)8-12(16)10-18-21-17(24)15-9-14(19-20-15)11-4-2-1-3-5-11/h1-10,23H,(H,19,20)(H,21,24)/p-1/b18-10-. The van der Waals surface area contributed by atoms with Crippen LogP contribution in [0.3, 0.4) is 0 Å². The van der Waals surface area contributed by atoms with E-state index >= 15 is 0 Å². The predicted molar refractivity (Wildman–Crippen MR) is 91.6 cm³/mol. The highest BCUT2D eigenvalue weighted by Crippen LogP contribution is 2.19. The first-order chi connectivity index (χ1) is 12.5. The number of aromatic amines is 1. The molecule has 1 aromatic heterocycles. The maximum absolute atomic E-state index is 12.1. The summed E-state index contributed by atoms with van der Waals surface area (Å²) in [5.41, 5.74) is 3.62. The Bertz CT molecular complexity index is 982. The quantitative estimate of drug-likeness (QED) is 0.411. The number of nitro benzene ring substituents is 1. The number of H-pyrrole nitrogens is 1. The molecule has 3 aromatic rings. The first-order valence-electron chi connectivity index (χ1n) is 7.44. The fourth-order valence-electron chi connectivity index (χ4n) is 2.17. The number of non-ortho nitro benzene ring substituents is 1. The Hall–Kier alpha value is -4.01. The number of rotatable bonds is 5. The molecule has 9 heteroatoms. The number of amides is 1. The summed E-state index contributed by atoms with van der Waals surface area (Å²) in [6.45, 7) is 0. The molecular formula is C17H12N5O4-. The van der Waals surface area contributed by atoms with Crippen molar-refractivity contribution in [3.63, 3.8) is 0 Å². The van der Waals surface area contributed by atoms with Crippen LogP contribution < -0.4 is 10.5 Å². The van der Waals surface area contributed by atoms with Crippen LogP contribution >= 0.6 is 0 Å². The Balaban J connectivity index is 1.70. The highest BCUT2D eigenvalue weighted by Gasteiger charge is 2.10. The van der Waals surface area contributed by atoms with E-state index in [1.807, 2.05) is 30.3 Å². The summed E-state index contributed by atoms with van der Waals surface area (Å²) >= 11 is 0. The highest BCUT2D eigenvalue weighted by molar-refractivity contribution is 5.94. The van der Waals surface area contributed by atoms with Gasteiger partial charge in [-0.15, -0.1) is 0 Å². The van der Waals surface area contributed by atoms with E-state index in [4.69, 9.17) is 0 Å². The van der Waals surface area contributed by atoms with E-state index in [2.05, 4.69) is 20.7 Å². The van der Waals surface area contributed by atoms with Gasteiger partial charge in [0, 0.05) is 17.7 Å². The molecule has 0 bridgehead atoms. The fraction of sp³-hybridized carbons (Fsp3) is 0. The lowest BCUT2D eigenvalue weighted by molar-refractivity contribution is -0.385. The van der Waals surface area contributed by atoms with Crippen molar-refractivity contribution < 1.29 is 14.8 Å². The molecule has 0 fully saturated rings. The molecule has 2 aromatic carbocycles. The van der Waals surface area contributed by atoms with E-state index in [0.29, 0.717) is 5.69 Å². The molecule has 0 radical (unpaired) electrons. The third-order valence-corrected chi connectivity index (χ3v) is 3.47. The van der Waals surface area contributed by atoms with Gasteiger partial charge in [-0.1, -0.05) is 42.1 Å². The number of aromatic nitrogens is 2. The van der Waals surface area contributed by atoms with Crippen molar-refractivity contribution in [2.75, 3.05) is 0 Å². The molecule has 9 nitrogen and oxygen atoms in total. The number of hydrogen-bond donors (Lipinski definition) is 2. The van der Waals surface area contributed by atoms with Gasteiger partial charge in [0.1, 0.15) is 5.69 Å². The Morgan fingerprint density at radius 3 is 2.69 bits per heavy atom. The predicted octanol–water partition coefficient (Wildman–Crippen LogP) is 1.82. The molecule has 0 saturated heterocycles. The summed E-state index contributed by atoms with van der Waals surface area (Å²) in [7, 11) is 0. The average molecular weight is 350 g/mol. The molecule has 2 N–H and O–H groups in total. The zero-order valence-electron chi connectivity index (χ0n) is 13.2. The van der Waals surface area contributed by atoms with Gasteiger partial charge in [0.25, 0.3) is 11.6 Å². The molecule has 0 atom stereocenters. The molecule has 130 valence electrons. The van der Waals surface area contributed by atoms with Gasteiger partial charge in [-0.05, 0) is 11.6 Å². The van der Waals surface area contributed by atoms with E-state index in [-0.39, 0.29) is 16.9 Å².